The second kappa shape index (κ2) is 8.57. The zero-order chi connectivity index (χ0) is 15.8. The van der Waals surface area contributed by atoms with Crippen LogP contribution >= 0.6 is 11.6 Å². The van der Waals surface area contributed by atoms with Crippen molar-refractivity contribution in [2.75, 3.05) is 13.1 Å². The summed E-state index contributed by atoms with van der Waals surface area (Å²) in [5, 5.41) is 6.91. The lowest BCUT2D eigenvalue weighted by molar-refractivity contribution is -0.118. The van der Waals surface area contributed by atoms with E-state index in [-0.39, 0.29) is 5.91 Å². The minimum absolute atomic E-state index is 0.0257. The smallest absolute Gasteiger partial charge is 0.216 e. The van der Waals surface area contributed by atoms with Gasteiger partial charge in [-0.1, -0.05) is 48.0 Å². The minimum Gasteiger partial charge on any atom is -0.356 e. The second-order valence-corrected chi connectivity index (χ2v) is 5.65. The summed E-state index contributed by atoms with van der Waals surface area (Å²) in [6.45, 7) is 3.98. The Kier molecular flexibility index (Phi) is 6.44. The largest absolute Gasteiger partial charge is 0.356 e. The van der Waals surface area contributed by atoms with Crippen molar-refractivity contribution in [1.82, 2.24) is 10.6 Å². The average molecular weight is 317 g/mol. The maximum Gasteiger partial charge on any atom is 0.216 e. The van der Waals surface area contributed by atoms with Crippen molar-refractivity contribution < 1.29 is 4.79 Å². The van der Waals surface area contributed by atoms with Crippen molar-refractivity contribution in [1.29, 1.82) is 0 Å². The minimum atomic E-state index is 0.0257. The molecule has 116 valence electrons. The van der Waals surface area contributed by atoms with Crippen LogP contribution in [0.15, 0.2) is 48.5 Å². The lowest BCUT2D eigenvalue weighted by Gasteiger charge is -2.07. The van der Waals surface area contributed by atoms with Crippen LogP contribution in [-0.4, -0.2) is 19.0 Å². The average Bonchev–Trinajstić information content (AvgIpc) is 2.52. The molecule has 0 unspecified atom stereocenters. The Morgan fingerprint density at radius 1 is 0.955 bits per heavy atom. The van der Waals surface area contributed by atoms with Crippen molar-refractivity contribution in [3.05, 3.63) is 59.1 Å². The molecule has 0 fully saturated rings. The Morgan fingerprint density at radius 3 is 2.14 bits per heavy atom. The van der Waals surface area contributed by atoms with Gasteiger partial charge in [0, 0.05) is 25.0 Å². The van der Waals surface area contributed by atoms with Gasteiger partial charge in [0.1, 0.15) is 0 Å². The van der Waals surface area contributed by atoms with Crippen LogP contribution in [0.5, 0.6) is 0 Å². The molecule has 4 heteroatoms. The van der Waals surface area contributed by atoms with Gasteiger partial charge in [-0.25, -0.2) is 0 Å². The number of carbonyl (C=O) groups is 1. The second-order valence-electron chi connectivity index (χ2n) is 5.22. The Hall–Kier alpha value is -1.84. The third kappa shape index (κ3) is 5.51. The molecule has 0 atom stereocenters. The van der Waals surface area contributed by atoms with Crippen LogP contribution in [0, 0.1) is 0 Å². The van der Waals surface area contributed by atoms with Crippen molar-refractivity contribution in [2.24, 2.45) is 0 Å². The predicted octanol–water partition coefficient (Wildman–Crippen LogP) is 3.62. The summed E-state index contributed by atoms with van der Waals surface area (Å²) in [7, 11) is 0. The van der Waals surface area contributed by atoms with Crippen LogP contribution in [-0.2, 0) is 11.3 Å². The molecule has 0 saturated carbocycles. The van der Waals surface area contributed by atoms with E-state index in [2.05, 4.69) is 34.9 Å². The molecule has 0 saturated heterocycles. The summed E-state index contributed by atoms with van der Waals surface area (Å²) in [6.07, 6.45) is 0.933. The molecule has 1 amide bonds. The maximum absolute atomic E-state index is 10.7. The van der Waals surface area contributed by atoms with Crippen LogP contribution < -0.4 is 10.6 Å². The molecule has 0 aliphatic rings. The van der Waals surface area contributed by atoms with Crippen LogP contribution in [0.4, 0.5) is 0 Å². The summed E-state index contributed by atoms with van der Waals surface area (Å²) >= 11 is 5.90. The summed E-state index contributed by atoms with van der Waals surface area (Å²) in [5.41, 5.74) is 3.60. The van der Waals surface area contributed by atoms with Crippen LogP contribution in [0.2, 0.25) is 5.02 Å². The topological polar surface area (TPSA) is 41.1 Å². The molecule has 0 radical (unpaired) electrons. The molecule has 0 aliphatic heterocycles. The number of hydrogen-bond donors (Lipinski definition) is 2. The van der Waals surface area contributed by atoms with Gasteiger partial charge < -0.3 is 10.6 Å². The van der Waals surface area contributed by atoms with E-state index in [1.54, 1.807) is 0 Å². The van der Waals surface area contributed by atoms with E-state index >= 15 is 0 Å². The maximum atomic E-state index is 10.7. The third-order valence-electron chi connectivity index (χ3n) is 3.36. The fourth-order valence-electron chi connectivity index (χ4n) is 2.17. The number of benzene rings is 2. The van der Waals surface area contributed by atoms with E-state index < -0.39 is 0 Å². The van der Waals surface area contributed by atoms with Gasteiger partial charge in [-0.05, 0) is 41.8 Å². The highest BCUT2D eigenvalue weighted by Crippen LogP contribution is 2.21. The third-order valence-corrected chi connectivity index (χ3v) is 3.62. The zero-order valence-corrected chi connectivity index (χ0v) is 13.5. The molecule has 2 aromatic carbocycles. The van der Waals surface area contributed by atoms with Gasteiger partial charge in [-0.2, -0.15) is 0 Å². The lowest BCUT2D eigenvalue weighted by atomic mass is 10.0. The van der Waals surface area contributed by atoms with Gasteiger partial charge in [-0.3, -0.25) is 4.79 Å². The summed E-state index contributed by atoms with van der Waals surface area (Å²) in [5.74, 6) is 0.0257. The first kappa shape index (κ1) is 16.5. The molecule has 0 heterocycles. The molecule has 0 spiro atoms. The van der Waals surface area contributed by atoms with Gasteiger partial charge in [0.2, 0.25) is 5.91 Å². The number of nitrogens with one attached hydrogen (secondary N) is 2. The number of carbonyl (C=O) groups excluding carboxylic acids is 1. The SMILES string of the molecule is CC(=O)NCCCNCc1ccc(-c2ccc(Cl)cc2)cc1. The standard InChI is InChI=1S/C18H21ClN2O/c1-14(22)21-12-2-11-20-13-15-3-5-16(6-4-15)17-7-9-18(19)10-8-17/h3-10,20H,2,11-13H2,1H3,(H,21,22). The molecule has 0 aliphatic carbocycles. The summed E-state index contributed by atoms with van der Waals surface area (Å²) in [6, 6.07) is 16.4. The zero-order valence-electron chi connectivity index (χ0n) is 12.7. The Labute approximate surface area is 136 Å². The van der Waals surface area contributed by atoms with Crippen molar-refractivity contribution in [3.8, 4) is 11.1 Å². The monoisotopic (exact) mass is 316 g/mol. The molecule has 2 rings (SSSR count). The molecule has 0 bridgehead atoms. The summed E-state index contributed by atoms with van der Waals surface area (Å²) < 4.78 is 0. The Bertz CT molecular complexity index is 593. The first-order chi connectivity index (χ1) is 10.6. The first-order valence-electron chi connectivity index (χ1n) is 7.45. The normalized spacial score (nSPS) is 10.5. The van der Waals surface area contributed by atoms with Gasteiger partial charge in [0.15, 0.2) is 0 Å². The predicted molar refractivity (Wildman–Crippen MR) is 91.9 cm³/mol. The number of halogens is 1. The van der Waals surface area contributed by atoms with E-state index in [0.29, 0.717) is 0 Å². The molecule has 22 heavy (non-hydrogen) atoms. The fraction of sp³-hybridized carbons (Fsp3) is 0.278. The van der Waals surface area contributed by atoms with Crippen molar-refractivity contribution >= 4 is 17.5 Å². The highest BCUT2D eigenvalue weighted by molar-refractivity contribution is 6.30. The van der Waals surface area contributed by atoms with Gasteiger partial charge in [0.25, 0.3) is 0 Å². The van der Waals surface area contributed by atoms with Gasteiger partial charge in [0.05, 0.1) is 0 Å². The molecule has 2 N–H and O–H groups in total. The lowest BCUT2D eigenvalue weighted by Crippen LogP contribution is -2.24. The number of rotatable bonds is 7. The van der Waals surface area contributed by atoms with Crippen LogP contribution in [0.1, 0.15) is 18.9 Å². The van der Waals surface area contributed by atoms with E-state index in [1.807, 2.05) is 24.3 Å². The highest BCUT2D eigenvalue weighted by atomic mass is 35.5. The highest BCUT2D eigenvalue weighted by Gasteiger charge is 1.99. The van der Waals surface area contributed by atoms with Gasteiger partial charge in [-0.15, -0.1) is 0 Å². The number of hydrogen-bond acceptors (Lipinski definition) is 2. The van der Waals surface area contributed by atoms with E-state index in [4.69, 9.17) is 11.6 Å². The number of amides is 1. The van der Waals surface area contributed by atoms with E-state index in [0.717, 1.165) is 31.1 Å². The molecule has 0 aromatic heterocycles. The molecular formula is C18H21ClN2O. The summed E-state index contributed by atoms with van der Waals surface area (Å²) in [4.78, 5) is 10.7. The molecule has 2 aromatic rings. The van der Waals surface area contributed by atoms with Crippen molar-refractivity contribution in [2.45, 2.75) is 19.9 Å². The molecule has 3 nitrogen and oxygen atoms in total. The van der Waals surface area contributed by atoms with Crippen molar-refractivity contribution in [3.63, 3.8) is 0 Å². The first-order valence-corrected chi connectivity index (χ1v) is 7.83. The van der Waals surface area contributed by atoms with Crippen LogP contribution in [0.25, 0.3) is 11.1 Å². The van der Waals surface area contributed by atoms with Crippen LogP contribution in [0.3, 0.4) is 0 Å². The quantitative estimate of drug-likeness (QED) is 0.766. The Balaban J connectivity index is 1.77. The fourth-order valence-corrected chi connectivity index (χ4v) is 2.29. The van der Waals surface area contributed by atoms with E-state index in [9.17, 15) is 4.79 Å². The van der Waals surface area contributed by atoms with E-state index in [1.165, 1.54) is 23.6 Å². The Morgan fingerprint density at radius 2 is 1.55 bits per heavy atom. The molecular weight excluding hydrogens is 296 g/mol. The van der Waals surface area contributed by atoms with Gasteiger partial charge >= 0.3 is 0 Å².